The molecule has 3 aromatic heterocycles. The van der Waals surface area contributed by atoms with Gasteiger partial charge in [0.1, 0.15) is 11.8 Å². The number of carbonyl (C=O) groups is 1. The monoisotopic (exact) mass is 478 g/mol. The van der Waals surface area contributed by atoms with Crippen LogP contribution in [0.25, 0.3) is 11.3 Å². The van der Waals surface area contributed by atoms with E-state index >= 15 is 4.39 Å². The first-order chi connectivity index (χ1) is 15.4. The molecule has 11 heteroatoms. The van der Waals surface area contributed by atoms with Crippen LogP contribution in [-0.4, -0.2) is 35.5 Å². The molecule has 1 unspecified atom stereocenters. The fraction of sp³-hybridized carbons (Fsp3) is 0.318. The lowest BCUT2D eigenvalue weighted by Gasteiger charge is -2.29. The Hall–Kier alpha value is -3.34. The van der Waals surface area contributed by atoms with Crippen molar-refractivity contribution in [1.29, 1.82) is 0 Å². The van der Waals surface area contributed by atoms with Gasteiger partial charge in [0.05, 0.1) is 5.56 Å². The Morgan fingerprint density at radius 1 is 1.18 bits per heavy atom. The summed E-state index contributed by atoms with van der Waals surface area (Å²) in [5, 5.41) is 1.94. The molecule has 3 rings (SSSR count). The summed E-state index contributed by atoms with van der Waals surface area (Å²) in [7, 11) is -3.12. The highest BCUT2D eigenvalue weighted by Gasteiger charge is 2.38. The molecule has 0 aromatic carbocycles. The number of aryl methyl sites for hydroxylation is 1. The molecule has 1 atom stereocenters. The van der Waals surface area contributed by atoms with E-state index in [2.05, 4.69) is 15.3 Å². The SMILES string of the molecule is CNC(=O)OC(c1cn(S(=O)(=O)c2cccc(C)n2)c(-c2cccnc2F)c1F)C(C)(C)C. The predicted octanol–water partition coefficient (Wildman–Crippen LogP) is 4.21. The van der Waals surface area contributed by atoms with Gasteiger partial charge in [-0.15, -0.1) is 0 Å². The lowest BCUT2D eigenvalue weighted by molar-refractivity contribution is 0.0294. The fourth-order valence-corrected chi connectivity index (χ4v) is 4.67. The van der Waals surface area contributed by atoms with Crippen molar-refractivity contribution in [1.82, 2.24) is 19.3 Å². The largest absolute Gasteiger partial charge is 0.441 e. The van der Waals surface area contributed by atoms with Gasteiger partial charge in [0.15, 0.2) is 10.8 Å². The van der Waals surface area contributed by atoms with Crippen molar-refractivity contribution in [2.45, 2.75) is 38.8 Å². The van der Waals surface area contributed by atoms with Crippen LogP contribution in [0.1, 0.15) is 38.1 Å². The average Bonchev–Trinajstić information content (AvgIpc) is 3.08. The molecule has 0 fully saturated rings. The summed E-state index contributed by atoms with van der Waals surface area (Å²) in [6, 6.07) is 6.92. The summed E-state index contributed by atoms with van der Waals surface area (Å²) in [4.78, 5) is 19.5. The number of amides is 1. The molecule has 176 valence electrons. The number of alkyl carbamates (subject to hydrolysis) is 1. The first kappa shape index (κ1) is 24.3. The van der Waals surface area contributed by atoms with Crippen molar-refractivity contribution in [3.05, 3.63) is 65.7 Å². The lowest BCUT2D eigenvalue weighted by atomic mass is 9.85. The number of ether oxygens (including phenoxy) is 1. The van der Waals surface area contributed by atoms with E-state index in [4.69, 9.17) is 4.74 Å². The van der Waals surface area contributed by atoms with Gasteiger partial charge in [-0.05, 0) is 31.2 Å². The Balaban J connectivity index is 2.36. The molecule has 1 N–H and O–H groups in total. The van der Waals surface area contributed by atoms with Gasteiger partial charge in [-0.25, -0.2) is 23.1 Å². The highest BCUT2D eigenvalue weighted by Crippen LogP contribution is 2.42. The van der Waals surface area contributed by atoms with Crippen LogP contribution < -0.4 is 5.32 Å². The number of rotatable bonds is 5. The molecule has 0 aliphatic carbocycles. The summed E-state index contributed by atoms with van der Waals surface area (Å²) in [6.07, 6.45) is 0.126. The second-order valence-corrected chi connectivity index (χ2v) is 10.2. The number of pyridine rings is 2. The number of nitrogens with one attached hydrogen (secondary N) is 1. The highest BCUT2D eigenvalue weighted by atomic mass is 32.2. The van der Waals surface area contributed by atoms with E-state index in [1.807, 2.05) is 0 Å². The first-order valence-corrected chi connectivity index (χ1v) is 11.4. The quantitative estimate of drug-likeness (QED) is 0.551. The Kier molecular flexibility index (Phi) is 6.55. The maximum Gasteiger partial charge on any atom is 0.407 e. The van der Waals surface area contributed by atoms with Gasteiger partial charge in [0, 0.05) is 36.1 Å². The minimum Gasteiger partial charge on any atom is -0.441 e. The molecule has 0 aliphatic heterocycles. The van der Waals surface area contributed by atoms with Crippen molar-refractivity contribution in [2.24, 2.45) is 5.41 Å². The van der Waals surface area contributed by atoms with Gasteiger partial charge in [-0.3, -0.25) is 0 Å². The Labute approximate surface area is 190 Å². The number of carbonyl (C=O) groups excluding carboxylic acids is 1. The van der Waals surface area contributed by atoms with Crippen LogP contribution >= 0.6 is 0 Å². The topological polar surface area (TPSA) is 103 Å². The molecule has 33 heavy (non-hydrogen) atoms. The van der Waals surface area contributed by atoms with E-state index < -0.39 is 45.1 Å². The molecular formula is C22H24F2N4O4S. The van der Waals surface area contributed by atoms with Crippen molar-refractivity contribution in [3.8, 4) is 11.3 Å². The number of halogens is 2. The highest BCUT2D eigenvalue weighted by molar-refractivity contribution is 7.90. The molecule has 0 saturated carbocycles. The van der Waals surface area contributed by atoms with Gasteiger partial charge < -0.3 is 10.1 Å². The second-order valence-electron chi connectivity index (χ2n) is 8.41. The average molecular weight is 479 g/mol. The Bertz CT molecular complexity index is 1300. The number of aromatic nitrogens is 3. The number of nitrogens with zero attached hydrogens (tertiary/aromatic N) is 3. The Morgan fingerprint density at radius 2 is 1.88 bits per heavy atom. The van der Waals surface area contributed by atoms with E-state index in [0.717, 1.165) is 12.4 Å². The van der Waals surface area contributed by atoms with Crippen LogP contribution in [0, 0.1) is 24.1 Å². The van der Waals surface area contributed by atoms with Gasteiger partial charge in [0.2, 0.25) is 5.95 Å². The molecule has 0 saturated heterocycles. The predicted molar refractivity (Wildman–Crippen MR) is 117 cm³/mol. The van der Waals surface area contributed by atoms with Gasteiger partial charge in [-0.2, -0.15) is 12.8 Å². The maximum absolute atomic E-state index is 15.9. The minimum atomic E-state index is -4.46. The standard InChI is InChI=1S/C22H24F2N4O4S/c1-13-8-6-10-16(27-13)33(30,31)28-12-15(19(22(2,3)4)32-21(29)25-5)17(23)18(28)14-9-7-11-26-20(14)24/h6-12,19H,1-5H3,(H,25,29). The summed E-state index contributed by atoms with van der Waals surface area (Å²) in [5.74, 6) is -2.11. The molecule has 8 nitrogen and oxygen atoms in total. The van der Waals surface area contributed by atoms with Gasteiger partial charge in [0.25, 0.3) is 10.0 Å². The summed E-state index contributed by atoms with van der Waals surface area (Å²) in [5.41, 5.74) is -1.59. The van der Waals surface area contributed by atoms with Crippen molar-refractivity contribution < 1.29 is 26.7 Å². The third kappa shape index (κ3) is 4.72. The van der Waals surface area contributed by atoms with E-state index in [1.54, 1.807) is 33.8 Å². The van der Waals surface area contributed by atoms with Crippen LogP contribution in [0.4, 0.5) is 13.6 Å². The molecule has 3 aromatic rings. The lowest BCUT2D eigenvalue weighted by Crippen LogP contribution is -2.29. The molecule has 3 heterocycles. The fourth-order valence-electron chi connectivity index (χ4n) is 3.29. The van der Waals surface area contributed by atoms with Gasteiger partial charge >= 0.3 is 6.09 Å². The summed E-state index contributed by atoms with van der Waals surface area (Å²) in [6.45, 7) is 6.68. The smallest absolute Gasteiger partial charge is 0.407 e. The van der Waals surface area contributed by atoms with Crippen LogP contribution in [-0.2, 0) is 14.8 Å². The zero-order valence-corrected chi connectivity index (χ0v) is 19.6. The number of hydrogen-bond donors (Lipinski definition) is 1. The molecule has 1 amide bonds. The zero-order chi connectivity index (χ0) is 24.6. The summed E-state index contributed by atoms with van der Waals surface area (Å²) >= 11 is 0. The third-order valence-electron chi connectivity index (χ3n) is 4.84. The van der Waals surface area contributed by atoms with E-state index in [1.165, 1.54) is 31.3 Å². The van der Waals surface area contributed by atoms with Crippen LogP contribution in [0.5, 0.6) is 0 Å². The van der Waals surface area contributed by atoms with Crippen molar-refractivity contribution in [2.75, 3.05) is 7.05 Å². The van der Waals surface area contributed by atoms with E-state index in [0.29, 0.717) is 9.67 Å². The van der Waals surface area contributed by atoms with Crippen LogP contribution in [0.3, 0.4) is 0 Å². The van der Waals surface area contributed by atoms with Crippen molar-refractivity contribution >= 4 is 16.1 Å². The minimum absolute atomic E-state index is 0.236. The number of hydrogen-bond acceptors (Lipinski definition) is 6. The molecule has 0 radical (unpaired) electrons. The third-order valence-corrected chi connectivity index (χ3v) is 6.40. The molecule has 0 spiro atoms. The zero-order valence-electron chi connectivity index (χ0n) is 18.8. The van der Waals surface area contributed by atoms with Crippen LogP contribution in [0.15, 0.2) is 47.8 Å². The first-order valence-electron chi connectivity index (χ1n) is 9.97. The van der Waals surface area contributed by atoms with E-state index in [-0.39, 0.29) is 16.2 Å². The summed E-state index contributed by atoms with van der Waals surface area (Å²) < 4.78 is 63.5. The molecule has 0 aliphatic rings. The van der Waals surface area contributed by atoms with Crippen LogP contribution in [0.2, 0.25) is 0 Å². The van der Waals surface area contributed by atoms with Gasteiger partial charge in [-0.1, -0.05) is 26.8 Å². The normalized spacial score (nSPS) is 12.9. The molecule has 0 bridgehead atoms. The molecular weight excluding hydrogens is 454 g/mol. The Morgan fingerprint density at radius 3 is 2.45 bits per heavy atom. The maximum atomic E-state index is 15.9. The van der Waals surface area contributed by atoms with E-state index in [9.17, 15) is 17.6 Å². The second kappa shape index (κ2) is 8.89. The van der Waals surface area contributed by atoms with Crippen molar-refractivity contribution in [3.63, 3.8) is 0 Å².